The van der Waals surface area contributed by atoms with Gasteiger partial charge in [0.25, 0.3) is 0 Å². The van der Waals surface area contributed by atoms with Crippen LogP contribution in [-0.4, -0.2) is 18.1 Å². The summed E-state index contributed by atoms with van der Waals surface area (Å²) in [5, 5.41) is 11.5. The summed E-state index contributed by atoms with van der Waals surface area (Å²) >= 11 is 0. The van der Waals surface area contributed by atoms with Gasteiger partial charge >= 0.3 is 0 Å². The summed E-state index contributed by atoms with van der Waals surface area (Å²) in [7, 11) is 1.92. The number of anilines is 1. The summed E-state index contributed by atoms with van der Waals surface area (Å²) in [4.78, 5) is 1.98. The van der Waals surface area contributed by atoms with E-state index in [-0.39, 0.29) is 11.7 Å². The minimum Gasteiger partial charge on any atom is -0.409 e. The predicted octanol–water partition coefficient (Wildman–Crippen LogP) is 2.87. The van der Waals surface area contributed by atoms with Crippen molar-refractivity contribution in [3.8, 4) is 0 Å². The summed E-state index contributed by atoms with van der Waals surface area (Å²) in [5.74, 6) is -0.479. The highest BCUT2D eigenvalue weighted by Gasteiger charge is 2.10. The van der Waals surface area contributed by atoms with Crippen LogP contribution in [0.2, 0.25) is 0 Å². The van der Waals surface area contributed by atoms with Gasteiger partial charge in [0.2, 0.25) is 0 Å². The van der Waals surface area contributed by atoms with Gasteiger partial charge in [0.05, 0.1) is 0 Å². The molecular weight excluding hydrogens is 269 g/mol. The number of benzene rings is 2. The molecule has 0 saturated carbocycles. The van der Waals surface area contributed by atoms with E-state index in [1.807, 2.05) is 43.1 Å². The maximum Gasteiger partial charge on any atom is 0.170 e. The van der Waals surface area contributed by atoms with Crippen molar-refractivity contribution in [2.24, 2.45) is 10.9 Å². The number of hydrogen-bond acceptors (Lipinski definition) is 3. The average molecular weight is 287 g/mol. The number of nitrogens with zero attached hydrogens (tertiary/aromatic N) is 2. The summed E-state index contributed by atoms with van der Waals surface area (Å²) in [5.41, 5.74) is 8.54. The van der Waals surface area contributed by atoms with E-state index >= 15 is 0 Å². The van der Waals surface area contributed by atoms with Crippen LogP contribution in [0.15, 0.2) is 47.6 Å². The van der Waals surface area contributed by atoms with Crippen molar-refractivity contribution in [2.45, 2.75) is 13.5 Å². The molecule has 0 amide bonds. The summed E-state index contributed by atoms with van der Waals surface area (Å²) in [6, 6.07) is 12.5. The van der Waals surface area contributed by atoms with Gasteiger partial charge in [-0.2, -0.15) is 0 Å². The Morgan fingerprint density at radius 3 is 2.62 bits per heavy atom. The van der Waals surface area contributed by atoms with Crippen molar-refractivity contribution < 1.29 is 9.60 Å². The van der Waals surface area contributed by atoms with Gasteiger partial charge in [-0.1, -0.05) is 35.5 Å². The molecule has 0 atom stereocenters. The van der Waals surface area contributed by atoms with Crippen LogP contribution in [0, 0.1) is 12.7 Å². The molecule has 0 aromatic heterocycles. The Balaban J connectivity index is 2.22. The minimum atomic E-state index is -0.375. The zero-order valence-corrected chi connectivity index (χ0v) is 12.0. The van der Waals surface area contributed by atoms with Crippen LogP contribution < -0.4 is 10.6 Å². The topological polar surface area (TPSA) is 61.8 Å². The molecule has 5 heteroatoms. The van der Waals surface area contributed by atoms with Crippen molar-refractivity contribution >= 4 is 11.5 Å². The smallest absolute Gasteiger partial charge is 0.170 e. The highest BCUT2D eigenvalue weighted by atomic mass is 19.1. The molecule has 0 unspecified atom stereocenters. The summed E-state index contributed by atoms with van der Waals surface area (Å²) < 4.78 is 14.1. The average Bonchev–Trinajstić information content (AvgIpc) is 2.48. The van der Waals surface area contributed by atoms with Gasteiger partial charge < -0.3 is 15.8 Å². The molecule has 110 valence electrons. The van der Waals surface area contributed by atoms with Gasteiger partial charge in [-0.05, 0) is 24.6 Å². The normalized spacial score (nSPS) is 11.5. The first kappa shape index (κ1) is 14.8. The second-order valence-electron chi connectivity index (χ2n) is 4.93. The second kappa shape index (κ2) is 6.26. The maximum absolute atomic E-state index is 14.1. The quantitative estimate of drug-likeness (QED) is 0.393. The van der Waals surface area contributed by atoms with Crippen LogP contribution in [-0.2, 0) is 6.54 Å². The fourth-order valence-corrected chi connectivity index (χ4v) is 2.23. The lowest BCUT2D eigenvalue weighted by atomic mass is 10.1. The Morgan fingerprint density at radius 1 is 1.29 bits per heavy atom. The number of nitrogens with two attached hydrogens (primary N) is 1. The monoisotopic (exact) mass is 287 g/mol. The highest BCUT2D eigenvalue weighted by Crippen LogP contribution is 2.21. The van der Waals surface area contributed by atoms with E-state index in [2.05, 4.69) is 5.16 Å². The zero-order valence-electron chi connectivity index (χ0n) is 12.0. The van der Waals surface area contributed by atoms with Gasteiger partial charge in [-0.15, -0.1) is 0 Å². The summed E-state index contributed by atoms with van der Waals surface area (Å²) in [6.07, 6.45) is 0. The number of para-hydroxylation sites is 1. The van der Waals surface area contributed by atoms with E-state index < -0.39 is 0 Å². The second-order valence-corrected chi connectivity index (χ2v) is 4.93. The molecule has 0 heterocycles. The molecule has 0 saturated heterocycles. The Labute approximate surface area is 123 Å². The van der Waals surface area contributed by atoms with Crippen LogP contribution in [0.3, 0.4) is 0 Å². The third kappa shape index (κ3) is 3.31. The van der Waals surface area contributed by atoms with Gasteiger partial charge in [0.1, 0.15) is 5.82 Å². The number of aryl methyl sites for hydroxylation is 1. The van der Waals surface area contributed by atoms with Crippen LogP contribution in [0.4, 0.5) is 10.1 Å². The highest BCUT2D eigenvalue weighted by molar-refractivity contribution is 5.97. The Kier molecular flexibility index (Phi) is 4.42. The maximum atomic E-state index is 14.1. The lowest BCUT2D eigenvalue weighted by molar-refractivity contribution is 0.318. The van der Waals surface area contributed by atoms with Gasteiger partial charge in [0.15, 0.2) is 5.84 Å². The molecule has 2 rings (SSSR count). The lowest BCUT2D eigenvalue weighted by Gasteiger charge is -2.22. The Hall–Kier alpha value is -2.56. The third-order valence-electron chi connectivity index (χ3n) is 3.39. The fourth-order valence-electron chi connectivity index (χ4n) is 2.23. The number of halogens is 1. The van der Waals surface area contributed by atoms with E-state index in [0.717, 1.165) is 11.3 Å². The first-order valence-corrected chi connectivity index (χ1v) is 6.56. The third-order valence-corrected chi connectivity index (χ3v) is 3.39. The standard InChI is InChI=1S/C16H18FN3O/c1-11-5-3-4-6-15(11)20(2)10-13-8-7-12(9-14(13)17)16(18)19-21/h3-9,21H,10H2,1-2H3,(H2,18,19). The van der Waals surface area contributed by atoms with Crippen molar-refractivity contribution in [1.29, 1.82) is 0 Å². The molecular formula is C16H18FN3O. The number of hydrogen-bond donors (Lipinski definition) is 2. The molecule has 0 radical (unpaired) electrons. The van der Waals surface area contributed by atoms with Gasteiger partial charge in [-0.25, -0.2) is 4.39 Å². The molecule has 0 fully saturated rings. The Morgan fingerprint density at radius 2 is 2.00 bits per heavy atom. The number of oxime groups is 1. The van der Waals surface area contributed by atoms with Crippen molar-refractivity contribution in [1.82, 2.24) is 0 Å². The lowest BCUT2D eigenvalue weighted by Crippen LogP contribution is -2.19. The fraction of sp³-hybridized carbons (Fsp3) is 0.188. The first-order valence-electron chi connectivity index (χ1n) is 6.56. The van der Waals surface area contributed by atoms with Crippen LogP contribution in [0.5, 0.6) is 0 Å². The molecule has 3 N–H and O–H groups in total. The molecule has 4 nitrogen and oxygen atoms in total. The van der Waals surface area contributed by atoms with Crippen molar-refractivity contribution in [3.05, 3.63) is 65.0 Å². The molecule has 0 spiro atoms. The Bertz CT molecular complexity index is 670. The predicted molar refractivity (Wildman–Crippen MR) is 82.2 cm³/mol. The number of rotatable bonds is 4. The van der Waals surface area contributed by atoms with E-state index in [1.54, 1.807) is 12.1 Å². The van der Waals surface area contributed by atoms with E-state index in [9.17, 15) is 4.39 Å². The van der Waals surface area contributed by atoms with Crippen LogP contribution in [0.25, 0.3) is 0 Å². The van der Waals surface area contributed by atoms with E-state index in [0.29, 0.717) is 17.7 Å². The van der Waals surface area contributed by atoms with E-state index in [1.165, 1.54) is 6.07 Å². The zero-order chi connectivity index (χ0) is 15.4. The largest absolute Gasteiger partial charge is 0.409 e. The molecule has 2 aromatic rings. The molecule has 0 aliphatic rings. The molecule has 21 heavy (non-hydrogen) atoms. The first-order chi connectivity index (χ1) is 10.0. The summed E-state index contributed by atoms with van der Waals surface area (Å²) in [6.45, 7) is 2.46. The number of amidine groups is 1. The molecule has 2 aromatic carbocycles. The SMILES string of the molecule is Cc1ccccc1N(C)Cc1ccc(C(N)=NO)cc1F. The molecule has 0 aliphatic heterocycles. The minimum absolute atomic E-state index is 0.104. The van der Waals surface area contributed by atoms with Crippen LogP contribution in [0.1, 0.15) is 16.7 Å². The molecule has 0 bridgehead atoms. The van der Waals surface area contributed by atoms with Crippen molar-refractivity contribution in [3.63, 3.8) is 0 Å². The van der Waals surface area contributed by atoms with Gasteiger partial charge in [-0.3, -0.25) is 0 Å². The van der Waals surface area contributed by atoms with Gasteiger partial charge in [0, 0.05) is 30.4 Å². The molecule has 0 aliphatic carbocycles. The van der Waals surface area contributed by atoms with Crippen molar-refractivity contribution in [2.75, 3.05) is 11.9 Å². The van der Waals surface area contributed by atoms with Crippen LogP contribution >= 0.6 is 0 Å². The van der Waals surface area contributed by atoms with E-state index in [4.69, 9.17) is 10.9 Å².